The molecule has 0 aliphatic carbocycles. The molecule has 5 heteroatoms. The van der Waals surface area contributed by atoms with Crippen molar-refractivity contribution in [3.63, 3.8) is 0 Å². The first-order chi connectivity index (χ1) is 11.7. The largest absolute Gasteiger partial charge is 0.326 e. The van der Waals surface area contributed by atoms with Crippen LogP contribution in [0.2, 0.25) is 0 Å². The molecule has 0 radical (unpaired) electrons. The third-order valence-electron chi connectivity index (χ3n) is 3.72. The first-order valence-electron chi connectivity index (χ1n) is 8.10. The summed E-state index contributed by atoms with van der Waals surface area (Å²) in [6.07, 6.45) is 3.79. The minimum Gasteiger partial charge on any atom is -0.326 e. The summed E-state index contributed by atoms with van der Waals surface area (Å²) in [5.41, 5.74) is 4.10. The Bertz CT molecular complexity index is 776. The molecule has 1 aromatic carbocycles. The van der Waals surface area contributed by atoms with Crippen LogP contribution in [0.3, 0.4) is 0 Å². The second kappa shape index (κ2) is 8.22. The third-order valence-corrected chi connectivity index (χ3v) is 5.34. The lowest BCUT2D eigenvalue weighted by molar-refractivity contribution is -0.115. The Hall–Kier alpha value is -1.98. The second-order valence-corrected chi connectivity index (χ2v) is 7.32. The molecule has 0 bridgehead atoms. The SMILES string of the molecule is CCCCc1ccc(NC(=O)Cc2csc(-c3ccsc3)n2)cc1. The summed E-state index contributed by atoms with van der Waals surface area (Å²) in [5, 5.41) is 9.98. The van der Waals surface area contributed by atoms with E-state index in [9.17, 15) is 4.79 Å². The fourth-order valence-electron chi connectivity index (χ4n) is 2.41. The fraction of sp³-hybridized carbons (Fsp3) is 0.263. The Morgan fingerprint density at radius 3 is 2.71 bits per heavy atom. The number of nitrogens with zero attached hydrogens (tertiary/aromatic N) is 1. The Morgan fingerprint density at radius 2 is 2.00 bits per heavy atom. The van der Waals surface area contributed by atoms with Gasteiger partial charge in [-0.1, -0.05) is 25.5 Å². The summed E-state index contributed by atoms with van der Waals surface area (Å²) in [6.45, 7) is 2.19. The number of hydrogen-bond acceptors (Lipinski definition) is 4. The van der Waals surface area contributed by atoms with Gasteiger partial charge >= 0.3 is 0 Å². The highest BCUT2D eigenvalue weighted by molar-refractivity contribution is 7.14. The number of aryl methyl sites for hydroxylation is 1. The number of amides is 1. The zero-order valence-electron chi connectivity index (χ0n) is 13.6. The number of anilines is 1. The molecule has 3 aromatic rings. The lowest BCUT2D eigenvalue weighted by atomic mass is 10.1. The number of aromatic nitrogens is 1. The number of rotatable bonds is 7. The summed E-state index contributed by atoms with van der Waals surface area (Å²) in [4.78, 5) is 16.7. The van der Waals surface area contributed by atoms with Crippen LogP contribution in [0.5, 0.6) is 0 Å². The predicted molar refractivity (Wildman–Crippen MR) is 103 cm³/mol. The van der Waals surface area contributed by atoms with E-state index >= 15 is 0 Å². The maximum Gasteiger partial charge on any atom is 0.230 e. The van der Waals surface area contributed by atoms with Gasteiger partial charge in [0, 0.05) is 22.0 Å². The van der Waals surface area contributed by atoms with Crippen molar-refractivity contribution in [1.29, 1.82) is 0 Å². The van der Waals surface area contributed by atoms with E-state index in [0.29, 0.717) is 6.42 Å². The van der Waals surface area contributed by atoms with Crippen LogP contribution >= 0.6 is 22.7 Å². The molecule has 0 fully saturated rings. The molecule has 2 aromatic heterocycles. The van der Waals surface area contributed by atoms with Gasteiger partial charge in [0.25, 0.3) is 0 Å². The van der Waals surface area contributed by atoms with Gasteiger partial charge in [-0.25, -0.2) is 4.98 Å². The van der Waals surface area contributed by atoms with E-state index in [2.05, 4.69) is 34.7 Å². The van der Waals surface area contributed by atoms with Gasteiger partial charge in [0.1, 0.15) is 5.01 Å². The number of carbonyl (C=O) groups is 1. The molecular weight excluding hydrogens is 336 g/mol. The number of thiazole rings is 1. The maximum atomic E-state index is 12.2. The van der Waals surface area contributed by atoms with Gasteiger partial charge in [-0.2, -0.15) is 11.3 Å². The first kappa shape index (κ1) is 16.9. The third kappa shape index (κ3) is 4.52. The van der Waals surface area contributed by atoms with Gasteiger partial charge in [0.15, 0.2) is 0 Å². The Kier molecular flexibility index (Phi) is 5.77. The van der Waals surface area contributed by atoms with Crippen molar-refractivity contribution in [3.8, 4) is 10.6 Å². The van der Waals surface area contributed by atoms with Crippen LogP contribution in [0.1, 0.15) is 31.0 Å². The molecule has 3 nitrogen and oxygen atoms in total. The summed E-state index contributed by atoms with van der Waals surface area (Å²) in [5.74, 6) is -0.0292. The molecule has 124 valence electrons. The monoisotopic (exact) mass is 356 g/mol. The standard InChI is InChI=1S/C19H20N2OS2/c1-2-3-4-14-5-7-16(8-6-14)20-18(22)11-17-13-24-19(21-17)15-9-10-23-12-15/h5-10,12-13H,2-4,11H2,1H3,(H,20,22). The normalized spacial score (nSPS) is 10.7. The number of unbranched alkanes of at least 4 members (excludes halogenated alkanes) is 1. The minimum absolute atomic E-state index is 0.0292. The van der Waals surface area contributed by atoms with Gasteiger partial charge in [0.05, 0.1) is 12.1 Å². The van der Waals surface area contributed by atoms with Crippen LogP contribution in [0.4, 0.5) is 5.69 Å². The summed E-state index contributed by atoms with van der Waals surface area (Å²) < 4.78 is 0. The van der Waals surface area contributed by atoms with Gasteiger partial charge in [-0.05, 0) is 42.0 Å². The van der Waals surface area contributed by atoms with Crippen molar-refractivity contribution in [2.45, 2.75) is 32.6 Å². The summed E-state index contributed by atoms with van der Waals surface area (Å²) in [7, 11) is 0. The zero-order chi connectivity index (χ0) is 16.8. The highest BCUT2D eigenvalue weighted by atomic mass is 32.1. The van der Waals surface area contributed by atoms with Crippen LogP contribution in [0.25, 0.3) is 10.6 Å². The van der Waals surface area contributed by atoms with E-state index < -0.39 is 0 Å². The number of benzene rings is 1. The lowest BCUT2D eigenvalue weighted by Gasteiger charge is -2.05. The van der Waals surface area contributed by atoms with Crippen molar-refractivity contribution in [3.05, 3.63) is 57.7 Å². The molecule has 0 atom stereocenters. The molecule has 0 unspecified atom stereocenters. The summed E-state index contributed by atoms with van der Waals surface area (Å²) in [6, 6.07) is 10.2. The molecule has 0 aliphatic rings. The van der Waals surface area contributed by atoms with Crippen molar-refractivity contribution in [2.75, 3.05) is 5.32 Å². The van der Waals surface area contributed by atoms with E-state index in [-0.39, 0.29) is 5.91 Å². The average molecular weight is 357 g/mol. The van der Waals surface area contributed by atoms with Gasteiger partial charge in [0.2, 0.25) is 5.91 Å². The van der Waals surface area contributed by atoms with Gasteiger partial charge in [-0.15, -0.1) is 11.3 Å². The number of nitrogens with one attached hydrogen (secondary N) is 1. The smallest absolute Gasteiger partial charge is 0.230 e. The molecule has 1 N–H and O–H groups in total. The van der Waals surface area contributed by atoms with Gasteiger partial charge in [-0.3, -0.25) is 4.79 Å². The van der Waals surface area contributed by atoms with E-state index in [4.69, 9.17) is 0 Å². The van der Waals surface area contributed by atoms with Crippen LogP contribution in [0, 0.1) is 0 Å². The highest BCUT2D eigenvalue weighted by Crippen LogP contribution is 2.25. The van der Waals surface area contributed by atoms with E-state index in [0.717, 1.165) is 28.4 Å². The van der Waals surface area contributed by atoms with Crippen LogP contribution in [0.15, 0.2) is 46.5 Å². The highest BCUT2D eigenvalue weighted by Gasteiger charge is 2.09. The van der Waals surface area contributed by atoms with Crippen molar-refractivity contribution >= 4 is 34.3 Å². The molecule has 0 saturated heterocycles. The molecule has 2 heterocycles. The van der Waals surface area contributed by atoms with Crippen molar-refractivity contribution < 1.29 is 4.79 Å². The van der Waals surface area contributed by atoms with Gasteiger partial charge < -0.3 is 5.32 Å². The predicted octanol–water partition coefficient (Wildman–Crippen LogP) is 5.40. The number of hydrogen-bond donors (Lipinski definition) is 1. The van der Waals surface area contributed by atoms with Crippen LogP contribution in [-0.4, -0.2) is 10.9 Å². The molecule has 1 amide bonds. The quantitative estimate of drug-likeness (QED) is 0.616. The maximum absolute atomic E-state index is 12.2. The minimum atomic E-state index is -0.0292. The molecule has 24 heavy (non-hydrogen) atoms. The van der Waals surface area contributed by atoms with E-state index in [1.165, 1.54) is 18.4 Å². The van der Waals surface area contributed by atoms with Crippen LogP contribution < -0.4 is 5.32 Å². The zero-order valence-corrected chi connectivity index (χ0v) is 15.3. The first-order valence-corrected chi connectivity index (χ1v) is 9.92. The Labute approximate surface area is 150 Å². The molecule has 0 spiro atoms. The van der Waals surface area contributed by atoms with Crippen molar-refractivity contribution in [2.24, 2.45) is 0 Å². The molecule has 3 rings (SSSR count). The van der Waals surface area contributed by atoms with Crippen LogP contribution in [-0.2, 0) is 17.6 Å². The average Bonchev–Trinajstić information content (AvgIpc) is 3.25. The lowest BCUT2D eigenvalue weighted by Crippen LogP contribution is -2.14. The van der Waals surface area contributed by atoms with Crippen molar-refractivity contribution in [1.82, 2.24) is 4.98 Å². The van der Waals surface area contributed by atoms with E-state index in [1.54, 1.807) is 22.7 Å². The molecular formula is C19H20N2OS2. The molecule has 0 saturated carbocycles. The topological polar surface area (TPSA) is 42.0 Å². The van der Waals surface area contributed by atoms with E-state index in [1.807, 2.05) is 29.0 Å². The Morgan fingerprint density at radius 1 is 1.17 bits per heavy atom. The Balaban J connectivity index is 1.55. The second-order valence-electron chi connectivity index (χ2n) is 5.68. The number of thiophene rings is 1. The molecule has 0 aliphatic heterocycles. The number of carbonyl (C=O) groups excluding carboxylic acids is 1. The summed E-state index contributed by atoms with van der Waals surface area (Å²) >= 11 is 3.23. The fourth-order valence-corrected chi connectivity index (χ4v) is 3.94.